The number of methoxy groups -OCH3 is 1. The third-order valence-electron chi connectivity index (χ3n) is 6.26. The molecule has 1 fully saturated rings. The first-order valence-electron chi connectivity index (χ1n) is 13.2. The highest BCUT2D eigenvalue weighted by Gasteiger charge is 2.23. The van der Waals surface area contributed by atoms with Crippen molar-refractivity contribution in [2.45, 2.75) is 12.2 Å². The van der Waals surface area contributed by atoms with Crippen molar-refractivity contribution in [2.24, 2.45) is 0 Å². The van der Waals surface area contributed by atoms with Gasteiger partial charge in [-0.1, -0.05) is 18.2 Å². The normalized spacial score (nSPS) is 14.5. The van der Waals surface area contributed by atoms with Gasteiger partial charge >= 0.3 is 23.9 Å². The van der Waals surface area contributed by atoms with Crippen LogP contribution in [-0.4, -0.2) is 128 Å². The quantitative estimate of drug-likeness (QED) is 0.181. The zero-order valence-corrected chi connectivity index (χ0v) is 23.9. The maximum atomic E-state index is 10.9. The molecule has 1 aliphatic rings. The molecule has 0 amide bonds. The largest absolute Gasteiger partial charge is 0.497 e. The summed E-state index contributed by atoms with van der Waals surface area (Å²) in [6, 6.07) is 17.1. The summed E-state index contributed by atoms with van der Waals surface area (Å²) in [4.78, 5) is 45.3. The summed E-state index contributed by atoms with van der Waals surface area (Å²) in [5, 5.41) is 51.8. The van der Waals surface area contributed by atoms with Crippen LogP contribution in [0.15, 0.2) is 60.8 Å². The van der Waals surface area contributed by atoms with Crippen molar-refractivity contribution in [1.29, 1.82) is 0 Å². The highest BCUT2D eigenvalue weighted by atomic mass is 16.5. The van der Waals surface area contributed by atoms with Gasteiger partial charge in [-0.15, -0.1) is 0 Å². The van der Waals surface area contributed by atoms with Crippen LogP contribution in [0.2, 0.25) is 0 Å². The standard InChI is InChI=1S/C25H31N3O4.2C2H2O4/c1-31-21-7-8-24-23(15-21)22(9-10-26-24)25(30)17-28-13-11-27(12-14-28)16-19(29)18-32-20-5-3-2-4-6-20;2*3-1(4)2(5)6/h2-10,15,19,25,29-30H,11-14,16-18H2,1H3;2*(H,3,4)(H,5,6)/t19?,25-;;/m0../s1. The SMILES string of the molecule is COc1ccc2nccc([C@@H](O)CN3CCN(CC(O)COc4ccccc4)CC3)c2c1.O=C(O)C(=O)O.O=C(O)C(=O)O. The minimum Gasteiger partial charge on any atom is -0.497 e. The van der Waals surface area contributed by atoms with Crippen LogP contribution in [0.25, 0.3) is 10.9 Å². The van der Waals surface area contributed by atoms with E-state index in [9.17, 15) is 10.2 Å². The van der Waals surface area contributed by atoms with Gasteiger partial charge in [0.1, 0.15) is 24.2 Å². The summed E-state index contributed by atoms with van der Waals surface area (Å²) >= 11 is 0. The molecule has 0 saturated carbocycles. The Morgan fingerprint density at radius 3 is 1.84 bits per heavy atom. The molecule has 1 aromatic heterocycles. The molecule has 1 saturated heterocycles. The predicted molar refractivity (Wildman–Crippen MR) is 155 cm³/mol. The van der Waals surface area contributed by atoms with Gasteiger partial charge in [0.25, 0.3) is 0 Å². The van der Waals surface area contributed by atoms with E-state index >= 15 is 0 Å². The molecule has 0 radical (unpaired) electrons. The van der Waals surface area contributed by atoms with E-state index in [1.807, 2.05) is 54.6 Å². The summed E-state index contributed by atoms with van der Waals surface area (Å²) < 4.78 is 11.0. The number of piperazine rings is 1. The molecule has 4 rings (SSSR count). The third-order valence-corrected chi connectivity index (χ3v) is 6.26. The Bertz CT molecular complexity index is 1330. The number of benzene rings is 2. The van der Waals surface area contributed by atoms with Crippen molar-refractivity contribution in [3.05, 3.63) is 66.4 Å². The number of pyridine rings is 1. The Labute approximate surface area is 252 Å². The van der Waals surface area contributed by atoms with E-state index in [-0.39, 0.29) is 6.61 Å². The highest BCUT2D eigenvalue weighted by Crippen LogP contribution is 2.27. The lowest BCUT2D eigenvalue weighted by molar-refractivity contribution is -0.159. The lowest BCUT2D eigenvalue weighted by Gasteiger charge is -2.36. The van der Waals surface area contributed by atoms with Gasteiger partial charge in [-0.2, -0.15) is 0 Å². The molecule has 15 nitrogen and oxygen atoms in total. The molecular formula is C29H35N3O12. The number of aliphatic carboxylic acids is 4. The molecule has 44 heavy (non-hydrogen) atoms. The molecule has 0 aliphatic carbocycles. The molecule has 0 spiro atoms. The molecule has 238 valence electrons. The van der Waals surface area contributed by atoms with E-state index in [0.717, 1.165) is 54.1 Å². The minimum atomic E-state index is -1.82. The van der Waals surface area contributed by atoms with E-state index in [4.69, 9.17) is 49.1 Å². The van der Waals surface area contributed by atoms with Crippen LogP contribution in [0, 0.1) is 0 Å². The second kappa shape index (κ2) is 18.0. The number of carboxylic acid groups (broad SMARTS) is 4. The molecular weight excluding hydrogens is 582 g/mol. The van der Waals surface area contributed by atoms with Crippen molar-refractivity contribution >= 4 is 34.8 Å². The zero-order chi connectivity index (χ0) is 32.6. The van der Waals surface area contributed by atoms with Gasteiger partial charge in [0, 0.05) is 50.9 Å². The summed E-state index contributed by atoms with van der Waals surface area (Å²) in [6.07, 6.45) is 0.596. The van der Waals surface area contributed by atoms with Crippen molar-refractivity contribution < 1.29 is 59.3 Å². The van der Waals surface area contributed by atoms with Crippen molar-refractivity contribution in [3.8, 4) is 11.5 Å². The molecule has 0 bridgehead atoms. The minimum absolute atomic E-state index is 0.279. The number of aliphatic hydroxyl groups excluding tert-OH is 2. The van der Waals surface area contributed by atoms with Crippen molar-refractivity contribution in [2.75, 3.05) is 53.0 Å². The van der Waals surface area contributed by atoms with Crippen molar-refractivity contribution in [1.82, 2.24) is 14.8 Å². The average Bonchev–Trinajstić information content (AvgIpc) is 3.01. The summed E-state index contributed by atoms with van der Waals surface area (Å²) in [5.74, 6) is -5.77. The van der Waals surface area contributed by atoms with Gasteiger partial charge in [0.05, 0.1) is 18.7 Å². The number of β-amino-alcohol motifs (C(OH)–C–C–N with tert-alkyl or cyclic N) is 2. The number of rotatable bonds is 9. The fraction of sp³-hybridized carbons (Fsp3) is 0.345. The van der Waals surface area contributed by atoms with Crippen LogP contribution in [-0.2, 0) is 19.2 Å². The number of hydrogen-bond donors (Lipinski definition) is 6. The number of aliphatic hydroxyl groups is 2. The van der Waals surface area contributed by atoms with Crippen LogP contribution >= 0.6 is 0 Å². The van der Waals surface area contributed by atoms with Crippen LogP contribution in [0.3, 0.4) is 0 Å². The molecule has 1 aliphatic heterocycles. The summed E-state index contributed by atoms with van der Waals surface area (Å²) in [6.45, 7) is 4.80. The average molecular weight is 618 g/mol. The van der Waals surface area contributed by atoms with Gasteiger partial charge in [0.2, 0.25) is 0 Å². The molecule has 2 aromatic carbocycles. The van der Waals surface area contributed by atoms with Gasteiger partial charge in [-0.3, -0.25) is 14.8 Å². The zero-order valence-electron chi connectivity index (χ0n) is 23.9. The molecule has 1 unspecified atom stereocenters. The number of hydrogen-bond acceptors (Lipinski definition) is 11. The Morgan fingerprint density at radius 2 is 1.32 bits per heavy atom. The number of ether oxygens (including phenoxy) is 2. The fourth-order valence-corrected chi connectivity index (χ4v) is 4.12. The first-order chi connectivity index (χ1) is 20.9. The van der Waals surface area contributed by atoms with E-state index in [1.54, 1.807) is 13.3 Å². The molecule has 2 atom stereocenters. The first kappa shape index (κ1) is 35.4. The molecule has 3 aromatic rings. The van der Waals surface area contributed by atoms with E-state index < -0.39 is 36.1 Å². The Morgan fingerprint density at radius 1 is 0.773 bits per heavy atom. The van der Waals surface area contributed by atoms with Gasteiger partial charge in [-0.05, 0) is 42.0 Å². The second-order valence-corrected chi connectivity index (χ2v) is 9.40. The number of carboxylic acids is 4. The highest BCUT2D eigenvalue weighted by molar-refractivity contribution is 6.27. The monoisotopic (exact) mass is 617 g/mol. The number of aromatic nitrogens is 1. The Kier molecular flexibility index (Phi) is 14.4. The van der Waals surface area contributed by atoms with E-state index in [2.05, 4.69) is 14.8 Å². The number of fused-ring (bicyclic) bond motifs is 1. The van der Waals surface area contributed by atoms with Crippen molar-refractivity contribution in [3.63, 3.8) is 0 Å². The number of carbonyl (C=O) groups is 4. The molecule has 15 heteroatoms. The predicted octanol–water partition coefficient (Wildman–Crippen LogP) is 0.646. The van der Waals surface area contributed by atoms with E-state index in [1.165, 1.54) is 0 Å². The lowest BCUT2D eigenvalue weighted by atomic mass is 10.0. The fourth-order valence-electron chi connectivity index (χ4n) is 4.12. The van der Waals surface area contributed by atoms with Gasteiger partial charge in [-0.25, -0.2) is 19.2 Å². The van der Waals surface area contributed by atoms with Gasteiger partial charge in [0.15, 0.2) is 0 Å². The maximum Gasteiger partial charge on any atom is 0.414 e. The first-order valence-corrected chi connectivity index (χ1v) is 13.2. The summed E-state index contributed by atoms with van der Waals surface area (Å²) in [5.41, 5.74) is 1.71. The van der Waals surface area contributed by atoms with Gasteiger partial charge < -0.3 is 40.1 Å². The Hall–Kier alpha value is -4.83. The summed E-state index contributed by atoms with van der Waals surface area (Å²) in [7, 11) is 1.64. The lowest BCUT2D eigenvalue weighted by Crippen LogP contribution is -2.50. The number of para-hydroxylation sites is 1. The van der Waals surface area contributed by atoms with Crippen LogP contribution in [0.1, 0.15) is 11.7 Å². The van der Waals surface area contributed by atoms with Crippen LogP contribution < -0.4 is 9.47 Å². The molecule has 6 N–H and O–H groups in total. The maximum absolute atomic E-state index is 10.9. The number of nitrogens with zero attached hydrogens (tertiary/aromatic N) is 3. The topological polar surface area (TPSA) is 227 Å². The smallest absolute Gasteiger partial charge is 0.414 e. The molecule has 2 heterocycles. The third kappa shape index (κ3) is 12.2. The Balaban J connectivity index is 0.000000477. The van der Waals surface area contributed by atoms with Crippen LogP contribution in [0.5, 0.6) is 11.5 Å². The second-order valence-electron chi connectivity index (χ2n) is 9.40. The van der Waals surface area contributed by atoms with Crippen LogP contribution in [0.4, 0.5) is 0 Å². The van der Waals surface area contributed by atoms with E-state index in [0.29, 0.717) is 13.1 Å².